The van der Waals surface area contributed by atoms with Gasteiger partial charge in [0.25, 0.3) is 0 Å². The van der Waals surface area contributed by atoms with E-state index in [-0.39, 0.29) is 11.8 Å². The summed E-state index contributed by atoms with van der Waals surface area (Å²) in [4.78, 5) is 15.2. The van der Waals surface area contributed by atoms with E-state index in [4.69, 9.17) is 21.1 Å². The zero-order valence-corrected chi connectivity index (χ0v) is 19.1. The normalized spacial score (nSPS) is 14.4. The fourth-order valence-electron chi connectivity index (χ4n) is 3.89. The molecule has 1 N–H and O–H groups in total. The number of carbonyl (C=O) groups is 1. The number of fused-ring (bicyclic) bond motifs is 2. The molecule has 0 radical (unpaired) electrons. The van der Waals surface area contributed by atoms with Crippen LogP contribution >= 0.6 is 23.4 Å². The van der Waals surface area contributed by atoms with Crippen LogP contribution in [0.2, 0.25) is 5.02 Å². The molecule has 0 bridgehead atoms. The molecule has 4 rings (SSSR count). The van der Waals surface area contributed by atoms with Gasteiger partial charge >= 0.3 is 0 Å². The minimum atomic E-state index is -0.00719. The lowest BCUT2D eigenvalue weighted by Crippen LogP contribution is -2.28. The number of ether oxygens (including phenoxy) is 2. The number of carbonyl (C=O) groups excluding carboxylic acids is 1. The molecular formula is C25H24ClNO3S. The Bertz CT molecular complexity index is 1100. The molecule has 3 aromatic carbocycles. The molecule has 1 heterocycles. The molecule has 6 heteroatoms. The first-order chi connectivity index (χ1) is 15.1. The van der Waals surface area contributed by atoms with Gasteiger partial charge in [-0.2, -0.15) is 0 Å². The van der Waals surface area contributed by atoms with E-state index in [0.29, 0.717) is 35.9 Å². The van der Waals surface area contributed by atoms with E-state index in [2.05, 4.69) is 17.4 Å². The average Bonchev–Trinajstić information content (AvgIpc) is 2.79. The van der Waals surface area contributed by atoms with E-state index in [1.54, 1.807) is 26.0 Å². The minimum Gasteiger partial charge on any atom is -0.493 e. The van der Waals surface area contributed by atoms with Gasteiger partial charge in [0.2, 0.25) is 5.91 Å². The monoisotopic (exact) mass is 453 g/mol. The summed E-state index contributed by atoms with van der Waals surface area (Å²) in [5.74, 6) is 1.41. The van der Waals surface area contributed by atoms with Gasteiger partial charge in [0.15, 0.2) is 11.5 Å². The van der Waals surface area contributed by atoms with Crippen LogP contribution in [0.15, 0.2) is 70.5 Å². The van der Waals surface area contributed by atoms with Crippen molar-refractivity contribution in [2.24, 2.45) is 0 Å². The van der Waals surface area contributed by atoms with Crippen molar-refractivity contribution in [3.05, 3.63) is 82.4 Å². The lowest BCUT2D eigenvalue weighted by molar-refractivity contribution is -0.121. The van der Waals surface area contributed by atoms with Crippen molar-refractivity contribution in [2.75, 3.05) is 20.8 Å². The molecule has 0 aromatic heterocycles. The first-order valence-electron chi connectivity index (χ1n) is 10.1. The van der Waals surface area contributed by atoms with Gasteiger partial charge in [0.1, 0.15) is 0 Å². The molecule has 3 aromatic rings. The molecule has 0 saturated carbocycles. The molecule has 1 unspecified atom stereocenters. The van der Waals surface area contributed by atoms with Crippen LogP contribution in [0.5, 0.6) is 11.5 Å². The molecule has 1 aliphatic rings. The Morgan fingerprint density at radius 2 is 1.74 bits per heavy atom. The van der Waals surface area contributed by atoms with Crippen LogP contribution in [0.1, 0.15) is 29.0 Å². The molecule has 0 spiro atoms. The summed E-state index contributed by atoms with van der Waals surface area (Å²) in [5, 5.41) is 3.76. The second-order valence-electron chi connectivity index (χ2n) is 7.37. The summed E-state index contributed by atoms with van der Waals surface area (Å²) in [6, 6.07) is 20.0. The van der Waals surface area contributed by atoms with Gasteiger partial charge in [0.05, 0.1) is 14.2 Å². The SMILES string of the molecule is COc1ccc(CCNC(=O)CC2c3ccccc3Sc3ccc(Cl)cc32)cc1OC. The highest BCUT2D eigenvalue weighted by atomic mass is 35.5. The van der Waals surface area contributed by atoms with Crippen LogP contribution < -0.4 is 14.8 Å². The lowest BCUT2D eigenvalue weighted by atomic mass is 9.87. The molecule has 31 heavy (non-hydrogen) atoms. The molecule has 0 saturated heterocycles. The topological polar surface area (TPSA) is 47.6 Å². The number of amides is 1. The molecule has 0 aliphatic carbocycles. The maximum absolute atomic E-state index is 12.8. The van der Waals surface area contributed by atoms with Gasteiger partial charge in [-0.15, -0.1) is 0 Å². The Hall–Kier alpha value is -2.63. The van der Waals surface area contributed by atoms with E-state index >= 15 is 0 Å². The van der Waals surface area contributed by atoms with Gasteiger partial charge in [-0.3, -0.25) is 4.79 Å². The maximum Gasteiger partial charge on any atom is 0.220 e. The summed E-state index contributed by atoms with van der Waals surface area (Å²) in [6.07, 6.45) is 1.10. The van der Waals surface area contributed by atoms with Gasteiger partial charge in [-0.05, 0) is 59.5 Å². The molecule has 0 fully saturated rings. The summed E-state index contributed by atoms with van der Waals surface area (Å²) < 4.78 is 10.6. The van der Waals surface area contributed by atoms with Crippen molar-refractivity contribution in [3.63, 3.8) is 0 Å². The Kier molecular flexibility index (Phi) is 6.73. The Balaban J connectivity index is 1.44. The van der Waals surface area contributed by atoms with Crippen LogP contribution in [-0.2, 0) is 11.2 Å². The number of methoxy groups -OCH3 is 2. The molecule has 4 nitrogen and oxygen atoms in total. The summed E-state index contributed by atoms with van der Waals surface area (Å²) in [6.45, 7) is 0.555. The molecular weight excluding hydrogens is 430 g/mol. The van der Waals surface area contributed by atoms with Gasteiger partial charge in [-0.25, -0.2) is 0 Å². The second kappa shape index (κ2) is 9.67. The first kappa shape index (κ1) is 21.6. The van der Waals surface area contributed by atoms with Crippen molar-refractivity contribution >= 4 is 29.3 Å². The fourth-order valence-corrected chi connectivity index (χ4v) is 5.24. The van der Waals surface area contributed by atoms with E-state index in [1.165, 1.54) is 10.5 Å². The van der Waals surface area contributed by atoms with Gasteiger partial charge in [0, 0.05) is 33.7 Å². The third-order valence-corrected chi connectivity index (χ3v) is 6.85. The maximum atomic E-state index is 12.8. The number of nitrogens with one attached hydrogen (secondary N) is 1. The van der Waals surface area contributed by atoms with E-state index in [1.807, 2.05) is 48.5 Å². The van der Waals surface area contributed by atoms with Crippen LogP contribution in [-0.4, -0.2) is 26.7 Å². The first-order valence-corrected chi connectivity index (χ1v) is 11.3. The zero-order valence-electron chi connectivity index (χ0n) is 17.5. The number of benzene rings is 3. The average molecular weight is 454 g/mol. The smallest absolute Gasteiger partial charge is 0.220 e. The highest BCUT2D eigenvalue weighted by Gasteiger charge is 2.28. The van der Waals surface area contributed by atoms with E-state index < -0.39 is 0 Å². The van der Waals surface area contributed by atoms with E-state index in [9.17, 15) is 4.79 Å². The number of halogens is 1. The Labute approximate surface area is 191 Å². The Morgan fingerprint density at radius 1 is 0.968 bits per heavy atom. The quantitative estimate of drug-likeness (QED) is 0.498. The van der Waals surface area contributed by atoms with Crippen LogP contribution in [0.25, 0.3) is 0 Å². The van der Waals surface area contributed by atoms with Crippen molar-refractivity contribution in [1.29, 1.82) is 0 Å². The third kappa shape index (κ3) is 4.83. The third-order valence-electron chi connectivity index (χ3n) is 5.43. The summed E-state index contributed by atoms with van der Waals surface area (Å²) in [5.41, 5.74) is 3.37. The van der Waals surface area contributed by atoms with Crippen molar-refractivity contribution in [1.82, 2.24) is 5.32 Å². The van der Waals surface area contributed by atoms with Crippen molar-refractivity contribution < 1.29 is 14.3 Å². The summed E-state index contributed by atoms with van der Waals surface area (Å²) >= 11 is 8.01. The van der Waals surface area contributed by atoms with Crippen LogP contribution in [0.4, 0.5) is 0 Å². The Morgan fingerprint density at radius 3 is 2.55 bits per heavy atom. The number of rotatable bonds is 7. The second-order valence-corrected chi connectivity index (χ2v) is 8.89. The molecule has 1 amide bonds. The predicted molar refractivity (Wildman–Crippen MR) is 125 cm³/mol. The van der Waals surface area contributed by atoms with E-state index in [0.717, 1.165) is 16.0 Å². The molecule has 1 aliphatic heterocycles. The van der Waals surface area contributed by atoms with Crippen molar-refractivity contribution in [3.8, 4) is 11.5 Å². The van der Waals surface area contributed by atoms with Crippen LogP contribution in [0.3, 0.4) is 0 Å². The highest BCUT2D eigenvalue weighted by Crippen LogP contribution is 2.47. The standard InChI is InChI=1S/C25H24ClNO3S/c1-29-21-9-7-16(13-22(21)30-2)11-12-27-25(28)15-19-18-5-3-4-6-23(18)31-24-10-8-17(26)14-20(19)24/h3-10,13-14,19H,11-12,15H2,1-2H3,(H,27,28). The lowest BCUT2D eigenvalue weighted by Gasteiger charge is -2.27. The van der Waals surface area contributed by atoms with Crippen molar-refractivity contribution in [2.45, 2.75) is 28.6 Å². The molecule has 1 atom stereocenters. The number of hydrogen-bond acceptors (Lipinski definition) is 4. The number of hydrogen-bond donors (Lipinski definition) is 1. The van der Waals surface area contributed by atoms with Gasteiger partial charge < -0.3 is 14.8 Å². The minimum absolute atomic E-state index is 0.00719. The fraction of sp³-hybridized carbons (Fsp3) is 0.240. The zero-order chi connectivity index (χ0) is 21.8. The largest absolute Gasteiger partial charge is 0.493 e. The summed E-state index contributed by atoms with van der Waals surface area (Å²) in [7, 11) is 3.23. The molecule has 160 valence electrons. The highest BCUT2D eigenvalue weighted by molar-refractivity contribution is 7.99. The van der Waals surface area contributed by atoms with Crippen LogP contribution in [0, 0.1) is 0 Å². The van der Waals surface area contributed by atoms with Gasteiger partial charge in [-0.1, -0.05) is 47.6 Å². The predicted octanol–water partition coefficient (Wildman–Crippen LogP) is 5.70.